The van der Waals surface area contributed by atoms with Crippen molar-refractivity contribution in [1.29, 1.82) is 0 Å². The second-order valence-corrected chi connectivity index (χ2v) is 3.28. The van der Waals surface area contributed by atoms with Crippen LogP contribution < -0.4 is 11.3 Å². The summed E-state index contributed by atoms with van der Waals surface area (Å²) in [6.07, 6.45) is 2.73. The van der Waals surface area contributed by atoms with Crippen molar-refractivity contribution in [2.45, 2.75) is 0 Å². The Labute approximate surface area is 113 Å². The average molecular weight is 284 g/mol. The Bertz CT molecular complexity index is 598. The zero-order chi connectivity index (χ0) is 13.0. The molecule has 9 nitrogen and oxygen atoms in total. The molecule has 100 valence electrons. The second-order valence-electron chi connectivity index (χ2n) is 3.28. The fourth-order valence-corrected chi connectivity index (χ4v) is 1.21. The maximum Gasteiger partial charge on any atom is 0.270 e. The maximum absolute atomic E-state index is 10.6. The van der Waals surface area contributed by atoms with Gasteiger partial charge in [0.15, 0.2) is 0 Å². The quantitative estimate of drug-likeness (QED) is 0.369. The van der Waals surface area contributed by atoms with Crippen LogP contribution in [0.25, 0.3) is 0 Å². The van der Waals surface area contributed by atoms with Crippen LogP contribution in [0.4, 0.5) is 11.6 Å². The van der Waals surface area contributed by atoms with Crippen molar-refractivity contribution >= 4 is 30.3 Å². The van der Waals surface area contributed by atoms with Gasteiger partial charge in [-0.1, -0.05) is 12.1 Å². The number of nitrogens with zero attached hydrogens (tertiary/aromatic N) is 5. The molecule has 0 aliphatic carbocycles. The van der Waals surface area contributed by atoms with E-state index in [-0.39, 0.29) is 24.0 Å². The largest absolute Gasteiger partial charge is 0.335 e. The van der Waals surface area contributed by atoms with E-state index in [1.807, 2.05) is 0 Å². The van der Waals surface area contributed by atoms with E-state index in [1.54, 1.807) is 12.1 Å². The minimum absolute atomic E-state index is 0. The number of non-ortho nitro benzene ring substituents is 1. The third-order valence-electron chi connectivity index (χ3n) is 2.03. The van der Waals surface area contributed by atoms with Gasteiger partial charge in [-0.2, -0.15) is 5.10 Å². The van der Waals surface area contributed by atoms with Crippen LogP contribution in [0.3, 0.4) is 0 Å². The van der Waals surface area contributed by atoms with Crippen LogP contribution in [0.2, 0.25) is 0 Å². The maximum atomic E-state index is 10.6. The lowest BCUT2D eigenvalue weighted by atomic mass is 10.2. The molecule has 0 aliphatic heterocycles. The van der Waals surface area contributed by atoms with Gasteiger partial charge in [0, 0.05) is 17.7 Å². The summed E-state index contributed by atoms with van der Waals surface area (Å²) >= 11 is 0. The summed E-state index contributed by atoms with van der Waals surface area (Å²) in [6, 6.07) is 6.07. The van der Waals surface area contributed by atoms with Crippen LogP contribution in [0, 0.1) is 10.1 Å². The highest BCUT2D eigenvalue weighted by Crippen LogP contribution is 2.11. The molecule has 0 saturated carbocycles. The molecule has 0 fully saturated rings. The first kappa shape index (κ1) is 14.4. The first-order valence-corrected chi connectivity index (χ1v) is 4.85. The zero-order valence-electron chi connectivity index (χ0n) is 9.50. The number of nitrogens with two attached hydrogens (primary N) is 1. The molecule has 0 radical (unpaired) electrons. The van der Waals surface area contributed by atoms with Crippen molar-refractivity contribution in [3.8, 4) is 0 Å². The van der Waals surface area contributed by atoms with E-state index in [2.05, 4.69) is 20.7 Å². The van der Waals surface area contributed by atoms with Gasteiger partial charge in [-0.05, 0) is 0 Å². The van der Waals surface area contributed by atoms with Crippen molar-refractivity contribution in [3.63, 3.8) is 0 Å². The zero-order valence-corrected chi connectivity index (χ0v) is 10.3. The number of hydrazone groups is 1. The summed E-state index contributed by atoms with van der Waals surface area (Å²) in [4.78, 5) is 10.1. The van der Waals surface area contributed by atoms with Crippen LogP contribution in [-0.4, -0.2) is 26.0 Å². The molecule has 0 bridgehead atoms. The van der Waals surface area contributed by atoms with E-state index >= 15 is 0 Å². The van der Waals surface area contributed by atoms with Crippen LogP contribution in [0.1, 0.15) is 5.56 Å². The van der Waals surface area contributed by atoms with Gasteiger partial charge in [0.1, 0.15) is 6.33 Å². The number of hydrogen-bond donors (Lipinski definition) is 2. The molecular formula is C9H10ClN7O2. The van der Waals surface area contributed by atoms with E-state index in [9.17, 15) is 10.1 Å². The highest BCUT2D eigenvalue weighted by Gasteiger charge is 2.04. The number of aromatic nitrogens is 3. The smallest absolute Gasteiger partial charge is 0.270 e. The number of anilines is 1. The standard InChI is InChI=1S/C9H9N7O2.ClH/c10-15-6-12-14-9(15)13-11-5-7-2-1-3-8(4-7)16(17)18;/h1-6H,10H2,(H,13,14);1H/b11-5+;. The van der Waals surface area contributed by atoms with Gasteiger partial charge in [-0.15, -0.1) is 22.6 Å². The molecule has 1 aromatic heterocycles. The molecule has 0 unspecified atom stereocenters. The molecule has 0 spiro atoms. The Balaban J connectivity index is 0.00000180. The molecule has 0 amide bonds. The Morgan fingerprint density at radius 3 is 2.95 bits per heavy atom. The van der Waals surface area contributed by atoms with Crippen LogP contribution >= 0.6 is 12.4 Å². The van der Waals surface area contributed by atoms with Crippen molar-refractivity contribution < 1.29 is 4.92 Å². The second kappa shape index (κ2) is 6.31. The number of rotatable bonds is 4. The van der Waals surface area contributed by atoms with Crippen LogP contribution in [0.5, 0.6) is 0 Å². The first-order valence-electron chi connectivity index (χ1n) is 4.85. The molecule has 10 heteroatoms. The van der Waals surface area contributed by atoms with Crippen molar-refractivity contribution in [2.24, 2.45) is 5.10 Å². The predicted octanol–water partition coefficient (Wildman–Crippen LogP) is 0.768. The molecule has 3 N–H and O–H groups in total. The summed E-state index contributed by atoms with van der Waals surface area (Å²) in [7, 11) is 0. The molecule has 1 aromatic carbocycles. The summed E-state index contributed by atoms with van der Waals surface area (Å²) in [5.74, 6) is 5.71. The van der Waals surface area contributed by atoms with Crippen molar-refractivity contribution in [3.05, 3.63) is 46.3 Å². The molecular weight excluding hydrogens is 274 g/mol. The Morgan fingerprint density at radius 2 is 2.32 bits per heavy atom. The van der Waals surface area contributed by atoms with E-state index < -0.39 is 4.92 Å². The summed E-state index contributed by atoms with van der Waals surface area (Å²) < 4.78 is 1.16. The van der Waals surface area contributed by atoms with E-state index in [0.29, 0.717) is 5.56 Å². The van der Waals surface area contributed by atoms with Crippen molar-refractivity contribution in [1.82, 2.24) is 14.9 Å². The topological polar surface area (TPSA) is 124 Å². The highest BCUT2D eigenvalue weighted by atomic mass is 35.5. The van der Waals surface area contributed by atoms with Gasteiger partial charge in [0.2, 0.25) is 0 Å². The minimum Gasteiger partial charge on any atom is -0.335 e. The average Bonchev–Trinajstić information content (AvgIpc) is 2.76. The Kier molecular flexibility index (Phi) is 4.77. The van der Waals surface area contributed by atoms with E-state index in [0.717, 1.165) is 4.68 Å². The molecule has 2 aromatic rings. The normalized spacial score (nSPS) is 10.1. The number of nitro benzene ring substituents is 1. The third kappa shape index (κ3) is 3.64. The molecule has 0 atom stereocenters. The fourth-order valence-electron chi connectivity index (χ4n) is 1.21. The Hall–Kier alpha value is -2.68. The third-order valence-corrected chi connectivity index (χ3v) is 2.03. The molecule has 0 saturated heterocycles. The first-order chi connectivity index (χ1) is 8.66. The van der Waals surface area contributed by atoms with Gasteiger partial charge in [-0.25, -0.2) is 10.1 Å². The molecule has 0 aliphatic rings. The van der Waals surface area contributed by atoms with Crippen LogP contribution in [0.15, 0.2) is 35.7 Å². The summed E-state index contributed by atoms with van der Waals surface area (Å²) in [5.41, 5.74) is 3.14. The minimum atomic E-state index is -0.471. The number of halogens is 1. The summed E-state index contributed by atoms with van der Waals surface area (Å²) in [5, 5.41) is 21.6. The van der Waals surface area contributed by atoms with Crippen molar-refractivity contribution in [2.75, 3.05) is 11.3 Å². The van der Waals surface area contributed by atoms with Gasteiger partial charge in [0.05, 0.1) is 11.1 Å². The number of hydrogen-bond acceptors (Lipinski definition) is 7. The van der Waals surface area contributed by atoms with Gasteiger partial charge >= 0.3 is 0 Å². The summed E-state index contributed by atoms with van der Waals surface area (Å²) in [6.45, 7) is 0. The van der Waals surface area contributed by atoms with Gasteiger partial charge < -0.3 is 5.84 Å². The highest BCUT2D eigenvalue weighted by molar-refractivity contribution is 5.85. The van der Waals surface area contributed by atoms with Gasteiger partial charge in [-0.3, -0.25) is 10.1 Å². The predicted molar refractivity (Wildman–Crippen MR) is 71.7 cm³/mol. The van der Waals surface area contributed by atoms with Gasteiger partial charge in [0.25, 0.3) is 11.6 Å². The molecule has 19 heavy (non-hydrogen) atoms. The number of nitrogen functional groups attached to an aromatic ring is 1. The van der Waals surface area contributed by atoms with Crippen LogP contribution in [-0.2, 0) is 0 Å². The lowest BCUT2D eigenvalue weighted by Gasteiger charge is -1.97. The van der Waals surface area contributed by atoms with E-state index in [1.165, 1.54) is 24.7 Å². The number of nitro groups is 1. The number of benzene rings is 1. The molecule has 1 heterocycles. The lowest BCUT2D eigenvalue weighted by molar-refractivity contribution is -0.384. The molecule has 2 rings (SSSR count). The monoisotopic (exact) mass is 283 g/mol. The number of nitrogens with one attached hydrogen (secondary N) is 1. The lowest BCUT2D eigenvalue weighted by Crippen LogP contribution is -2.10. The van der Waals surface area contributed by atoms with E-state index in [4.69, 9.17) is 5.84 Å². The Morgan fingerprint density at radius 1 is 1.53 bits per heavy atom. The SMILES string of the molecule is Cl.Nn1cnnc1N/N=C/c1cccc([N+](=O)[O-])c1. The fraction of sp³-hybridized carbons (Fsp3) is 0.